The molecule has 0 rings (SSSR count). The van der Waals surface area contributed by atoms with Crippen molar-refractivity contribution in [2.24, 2.45) is 0 Å². The number of hydrogen-bond acceptors (Lipinski definition) is 2. The molecular weight excluding hydrogens is 128 g/mol. The Kier molecular flexibility index (Phi) is 5.44. The lowest BCUT2D eigenvalue weighted by Crippen LogP contribution is -1.97. The highest BCUT2D eigenvalue weighted by Gasteiger charge is 1.88. The number of carbonyl (C=O) groups is 1. The SMILES string of the molecule is CC=CC(C)OC=CC=O. The highest BCUT2D eigenvalue weighted by atomic mass is 16.5. The first kappa shape index (κ1) is 8.95. The standard InChI is InChI=1S/C8H12O2/c1-3-5-8(2)10-7-4-6-9/h3-8H,1-2H3. The van der Waals surface area contributed by atoms with Gasteiger partial charge in [0, 0.05) is 6.08 Å². The van der Waals surface area contributed by atoms with Crippen LogP contribution < -0.4 is 0 Å². The molecule has 0 saturated heterocycles. The molecule has 0 amide bonds. The van der Waals surface area contributed by atoms with Crippen LogP contribution in [0.15, 0.2) is 24.5 Å². The minimum Gasteiger partial charge on any atom is -0.494 e. The van der Waals surface area contributed by atoms with Crippen LogP contribution in [-0.4, -0.2) is 12.4 Å². The molecule has 0 aromatic rings. The topological polar surface area (TPSA) is 26.3 Å². The molecule has 0 N–H and O–H groups in total. The Hall–Kier alpha value is -1.05. The molecule has 2 heteroatoms. The van der Waals surface area contributed by atoms with Gasteiger partial charge in [-0.25, -0.2) is 0 Å². The lowest BCUT2D eigenvalue weighted by atomic mass is 10.4. The molecule has 2 nitrogen and oxygen atoms in total. The molecule has 0 radical (unpaired) electrons. The van der Waals surface area contributed by atoms with Gasteiger partial charge in [-0.2, -0.15) is 0 Å². The van der Waals surface area contributed by atoms with E-state index in [0.717, 1.165) is 0 Å². The van der Waals surface area contributed by atoms with Crippen molar-refractivity contribution in [2.45, 2.75) is 20.0 Å². The Bertz CT molecular complexity index is 136. The third-order valence-electron chi connectivity index (χ3n) is 0.914. The lowest BCUT2D eigenvalue weighted by molar-refractivity contribution is -0.104. The summed E-state index contributed by atoms with van der Waals surface area (Å²) in [7, 11) is 0. The van der Waals surface area contributed by atoms with E-state index in [1.54, 1.807) is 0 Å². The van der Waals surface area contributed by atoms with Crippen LogP contribution in [0.5, 0.6) is 0 Å². The Labute approximate surface area is 61.2 Å². The summed E-state index contributed by atoms with van der Waals surface area (Å²) in [5, 5.41) is 0. The molecule has 0 aromatic heterocycles. The van der Waals surface area contributed by atoms with E-state index in [0.29, 0.717) is 6.29 Å². The molecular formula is C8H12O2. The molecule has 0 spiro atoms. The van der Waals surface area contributed by atoms with Crippen molar-refractivity contribution < 1.29 is 9.53 Å². The maximum absolute atomic E-state index is 9.76. The van der Waals surface area contributed by atoms with Crippen LogP contribution in [0.1, 0.15) is 13.8 Å². The molecule has 0 bridgehead atoms. The van der Waals surface area contributed by atoms with Crippen LogP contribution in [0.4, 0.5) is 0 Å². The fourth-order valence-electron chi connectivity index (χ4n) is 0.518. The number of ether oxygens (including phenoxy) is 1. The number of aldehydes is 1. The van der Waals surface area contributed by atoms with Gasteiger partial charge in [-0.3, -0.25) is 4.79 Å². The van der Waals surface area contributed by atoms with E-state index in [1.165, 1.54) is 12.3 Å². The summed E-state index contributed by atoms with van der Waals surface area (Å²) < 4.78 is 5.02. The molecule has 10 heavy (non-hydrogen) atoms. The van der Waals surface area contributed by atoms with Crippen molar-refractivity contribution in [3.63, 3.8) is 0 Å². The van der Waals surface area contributed by atoms with E-state index in [-0.39, 0.29) is 6.10 Å². The Morgan fingerprint density at radius 1 is 1.50 bits per heavy atom. The first-order valence-electron chi connectivity index (χ1n) is 3.20. The molecule has 0 aliphatic carbocycles. The smallest absolute Gasteiger partial charge is 0.145 e. The van der Waals surface area contributed by atoms with E-state index in [4.69, 9.17) is 4.74 Å². The number of rotatable bonds is 4. The van der Waals surface area contributed by atoms with Crippen LogP contribution >= 0.6 is 0 Å². The molecule has 56 valence electrons. The predicted molar refractivity (Wildman–Crippen MR) is 40.6 cm³/mol. The van der Waals surface area contributed by atoms with E-state index in [1.807, 2.05) is 26.0 Å². The molecule has 1 atom stereocenters. The normalized spacial score (nSPS) is 14.2. The van der Waals surface area contributed by atoms with Crippen molar-refractivity contribution in [3.8, 4) is 0 Å². The van der Waals surface area contributed by atoms with Crippen molar-refractivity contribution in [2.75, 3.05) is 0 Å². The molecule has 0 aliphatic heterocycles. The van der Waals surface area contributed by atoms with E-state index in [2.05, 4.69) is 0 Å². The van der Waals surface area contributed by atoms with Gasteiger partial charge in [0.2, 0.25) is 0 Å². The molecule has 0 heterocycles. The van der Waals surface area contributed by atoms with Crippen LogP contribution in [-0.2, 0) is 9.53 Å². The van der Waals surface area contributed by atoms with Crippen LogP contribution in [0, 0.1) is 0 Å². The van der Waals surface area contributed by atoms with Gasteiger partial charge in [-0.05, 0) is 19.9 Å². The maximum atomic E-state index is 9.76. The van der Waals surface area contributed by atoms with Gasteiger partial charge in [-0.15, -0.1) is 0 Å². The molecule has 0 saturated carbocycles. The minimum atomic E-state index is 0.0428. The van der Waals surface area contributed by atoms with Crippen molar-refractivity contribution >= 4 is 6.29 Å². The summed E-state index contributed by atoms with van der Waals surface area (Å²) in [6.07, 6.45) is 7.23. The van der Waals surface area contributed by atoms with Gasteiger partial charge in [-0.1, -0.05) is 6.08 Å². The number of hydrogen-bond donors (Lipinski definition) is 0. The fourth-order valence-corrected chi connectivity index (χ4v) is 0.518. The average Bonchev–Trinajstić information content (AvgIpc) is 1.89. The van der Waals surface area contributed by atoms with Crippen molar-refractivity contribution in [3.05, 3.63) is 24.5 Å². The monoisotopic (exact) mass is 140 g/mol. The highest BCUT2D eigenvalue weighted by Crippen LogP contribution is 1.92. The van der Waals surface area contributed by atoms with Crippen LogP contribution in [0.3, 0.4) is 0 Å². The van der Waals surface area contributed by atoms with Crippen LogP contribution in [0.2, 0.25) is 0 Å². The zero-order chi connectivity index (χ0) is 7.82. The molecule has 0 fully saturated rings. The predicted octanol–water partition coefficient (Wildman–Crippen LogP) is 1.68. The first-order chi connectivity index (χ1) is 4.81. The Morgan fingerprint density at radius 3 is 2.70 bits per heavy atom. The third kappa shape index (κ3) is 5.09. The zero-order valence-electron chi connectivity index (χ0n) is 6.28. The summed E-state index contributed by atoms with van der Waals surface area (Å²) in [4.78, 5) is 9.76. The van der Waals surface area contributed by atoms with Gasteiger partial charge in [0.25, 0.3) is 0 Å². The summed E-state index contributed by atoms with van der Waals surface area (Å²) in [6.45, 7) is 3.82. The van der Waals surface area contributed by atoms with Gasteiger partial charge in [0.1, 0.15) is 12.4 Å². The quantitative estimate of drug-likeness (QED) is 0.257. The van der Waals surface area contributed by atoms with Crippen molar-refractivity contribution in [1.29, 1.82) is 0 Å². The third-order valence-corrected chi connectivity index (χ3v) is 0.914. The second-order valence-corrected chi connectivity index (χ2v) is 1.83. The minimum absolute atomic E-state index is 0.0428. The first-order valence-corrected chi connectivity index (χ1v) is 3.20. The molecule has 0 aliphatic rings. The second-order valence-electron chi connectivity index (χ2n) is 1.83. The average molecular weight is 140 g/mol. The molecule has 0 aromatic carbocycles. The Balaban J connectivity index is 3.47. The van der Waals surface area contributed by atoms with Gasteiger partial charge in [0.05, 0.1) is 6.26 Å². The number of allylic oxidation sites excluding steroid dienone is 2. The fraction of sp³-hybridized carbons (Fsp3) is 0.375. The highest BCUT2D eigenvalue weighted by molar-refractivity contribution is 5.64. The van der Waals surface area contributed by atoms with Gasteiger partial charge < -0.3 is 4.74 Å². The van der Waals surface area contributed by atoms with Gasteiger partial charge >= 0.3 is 0 Å². The summed E-state index contributed by atoms with van der Waals surface area (Å²) in [5.74, 6) is 0. The van der Waals surface area contributed by atoms with E-state index >= 15 is 0 Å². The molecule has 1 unspecified atom stereocenters. The van der Waals surface area contributed by atoms with E-state index < -0.39 is 0 Å². The lowest BCUT2D eigenvalue weighted by Gasteiger charge is -2.03. The number of carbonyl (C=O) groups excluding carboxylic acids is 1. The second kappa shape index (κ2) is 6.08. The summed E-state index contributed by atoms with van der Waals surface area (Å²) >= 11 is 0. The van der Waals surface area contributed by atoms with E-state index in [9.17, 15) is 4.79 Å². The summed E-state index contributed by atoms with van der Waals surface area (Å²) in [5.41, 5.74) is 0. The van der Waals surface area contributed by atoms with Crippen molar-refractivity contribution in [1.82, 2.24) is 0 Å². The maximum Gasteiger partial charge on any atom is 0.145 e. The Morgan fingerprint density at radius 2 is 2.20 bits per heavy atom. The largest absolute Gasteiger partial charge is 0.494 e. The van der Waals surface area contributed by atoms with Crippen LogP contribution in [0.25, 0.3) is 0 Å². The zero-order valence-corrected chi connectivity index (χ0v) is 6.28. The summed E-state index contributed by atoms with van der Waals surface area (Å²) in [6, 6.07) is 0. The van der Waals surface area contributed by atoms with Gasteiger partial charge in [0.15, 0.2) is 0 Å².